The molecule has 0 bridgehead atoms. The molecule has 0 fully saturated rings. The number of rotatable bonds is 6. The highest BCUT2D eigenvalue weighted by atomic mass is 19.1. The normalized spacial score (nSPS) is 13.6. The van der Waals surface area contributed by atoms with Crippen molar-refractivity contribution in [3.8, 4) is 0 Å². The lowest BCUT2D eigenvalue weighted by Crippen LogP contribution is -2.47. The van der Waals surface area contributed by atoms with Crippen LogP contribution in [0, 0.1) is 11.7 Å². The average Bonchev–Trinajstić information content (AvgIpc) is 2.50. The van der Waals surface area contributed by atoms with Crippen LogP contribution >= 0.6 is 0 Å². The maximum atomic E-state index is 13.7. The summed E-state index contributed by atoms with van der Waals surface area (Å²) in [6, 6.07) is 5.23. The van der Waals surface area contributed by atoms with Gasteiger partial charge in [0.25, 0.3) is 0 Å². The van der Waals surface area contributed by atoms with Gasteiger partial charge in [0.2, 0.25) is 11.8 Å². The first kappa shape index (κ1) is 18.1. The van der Waals surface area contributed by atoms with E-state index in [9.17, 15) is 14.0 Å². The third-order valence-electron chi connectivity index (χ3n) is 3.76. The standard InChI is InChI=1S/C16H24FN3O2/c1-10(2)15(18)16(22)19-9-14(21)20(4)11(3)12-7-5-6-8-13(12)17/h5-8,10-11,15H,9,18H2,1-4H3,(H,19,22)/t11?,15-/m0/s1. The van der Waals surface area contributed by atoms with Gasteiger partial charge in [-0.15, -0.1) is 0 Å². The van der Waals surface area contributed by atoms with E-state index in [4.69, 9.17) is 5.73 Å². The van der Waals surface area contributed by atoms with E-state index in [0.29, 0.717) is 5.56 Å². The van der Waals surface area contributed by atoms with E-state index in [1.165, 1.54) is 11.0 Å². The summed E-state index contributed by atoms with van der Waals surface area (Å²) >= 11 is 0. The highest BCUT2D eigenvalue weighted by Gasteiger charge is 2.22. The van der Waals surface area contributed by atoms with Gasteiger partial charge in [-0.3, -0.25) is 9.59 Å². The fourth-order valence-corrected chi connectivity index (χ4v) is 1.95. The van der Waals surface area contributed by atoms with Gasteiger partial charge in [0.1, 0.15) is 5.82 Å². The number of carbonyl (C=O) groups excluding carboxylic acids is 2. The number of carbonyl (C=O) groups is 2. The summed E-state index contributed by atoms with van der Waals surface area (Å²) in [4.78, 5) is 25.3. The minimum atomic E-state index is -0.651. The molecule has 0 heterocycles. The van der Waals surface area contributed by atoms with Crippen molar-refractivity contribution in [3.63, 3.8) is 0 Å². The van der Waals surface area contributed by atoms with Crippen molar-refractivity contribution >= 4 is 11.8 Å². The Hall–Kier alpha value is -1.95. The number of amides is 2. The second kappa shape index (κ2) is 7.89. The molecule has 0 aliphatic carbocycles. The molecule has 0 aliphatic heterocycles. The second-order valence-corrected chi connectivity index (χ2v) is 5.69. The summed E-state index contributed by atoms with van der Waals surface area (Å²) in [5, 5.41) is 2.52. The zero-order valence-corrected chi connectivity index (χ0v) is 13.5. The van der Waals surface area contributed by atoms with Gasteiger partial charge in [0, 0.05) is 12.6 Å². The van der Waals surface area contributed by atoms with Gasteiger partial charge >= 0.3 is 0 Å². The largest absolute Gasteiger partial charge is 0.346 e. The molecule has 2 amide bonds. The third kappa shape index (κ3) is 4.53. The minimum absolute atomic E-state index is 0.00910. The molecule has 0 saturated carbocycles. The average molecular weight is 309 g/mol. The fourth-order valence-electron chi connectivity index (χ4n) is 1.95. The Morgan fingerprint density at radius 2 is 1.86 bits per heavy atom. The zero-order chi connectivity index (χ0) is 16.9. The summed E-state index contributed by atoms with van der Waals surface area (Å²) in [6.07, 6.45) is 0. The van der Waals surface area contributed by atoms with Gasteiger partial charge in [-0.25, -0.2) is 4.39 Å². The number of hydrogen-bond acceptors (Lipinski definition) is 3. The molecule has 2 atom stereocenters. The van der Waals surface area contributed by atoms with Crippen molar-refractivity contribution in [1.29, 1.82) is 0 Å². The van der Waals surface area contributed by atoms with E-state index in [-0.39, 0.29) is 30.1 Å². The van der Waals surface area contributed by atoms with Gasteiger partial charge < -0.3 is 16.0 Å². The van der Waals surface area contributed by atoms with Crippen molar-refractivity contribution in [2.24, 2.45) is 11.7 Å². The Morgan fingerprint density at radius 3 is 2.41 bits per heavy atom. The number of benzene rings is 1. The van der Waals surface area contributed by atoms with Crippen LogP contribution in [0.1, 0.15) is 32.4 Å². The van der Waals surface area contributed by atoms with Crippen molar-refractivity contribution < 1.29 is 14.0 Å². The predicted molar refractivity (Wildman–Crippen MR) is 83.4 cm³/mol. The number of hydrogen-bond donors (Lipinski definition) is 2. The topological polar surface area (TPSA) is 75.4 Å². The fraction of sp³-hybridized carbons (Fsp3) is 0.500. The first-order valence-corrected chi connectivity index (χ1v) is 7.29. The number of nitrogens with one attached hydrogen (secondary N) is 1. The first-order chi connectivity index (χ1) is 10.3. The molecule has 0 aromatic heterocycles. The lowest BCUT2D eigenvalue weighted by Gasteiger charge is -2.26. The van der Waals surface area contributed by atoms with Crippen molar-refractivity contribution in [2.75, 3.05) is 13.6 Å². The molecule has 0 saturated heterocycles. The van der Waals surface area contributed by atoms with E-state index >= 15 is 0 Å². The Labute approximate surface area is 130 Å². The van der Waals surface area contributed by atoms with Crippen LogP contribution in [0.25, 0.3) is 0 Å². The quantitative estimate of drug-likeness (QED) is 0.835. The van der Waals surface area contributed by atoms with Crippen LogP contribution in [0.15, 0.2) is 24.3 Å². The van der Waals surface area contributed by atoms with Gasteiger partial charge in [-0.1, -0.05) is 32.0 Å². The van der Waals surface area contributed by atoms with Crippen molar-refractivity contribution in [3.05, 3.63) is 35.6 Å². The molecule has 5 nitrogen and oxygen atoms in total. The van der Waals surface area contributed by atoms with E-state index in [2.05, 4.69) is 5.32 Å². The summed E-state index contributed by atoms with van der Waals surface area (Å²) in [7, 11) is 1.58. The number of nitrogens with zero attached hydrogens (tertiary/aromatic N) is 1. The number of halogens is 1. The van der Waals surface area contributed by atoms with E-state index in [1.54, 1.807) is 32.2 Å². The molecular weight excluding hydrogens is 285 g/mol. The molecule has 6 heteroatoms. The van der Waals surface area contributed by atoms with Crippen LogP contribution in [-0.2, 0) is 9.59 Å². The van der Waals surface area contributed by atoms with Crippen LogP contribution < -0.4 is 11.1 Å². The maximum absolute atomic E-state index is 13.7. The lowest BCUT2D eigenvalue weighted by molar-refractivity contribution is -0.133. The van der Waals surface area contributed by atoms with Crippen molar-refractivity contribution in [1.82, 2.24) is 10.2 Å². The van der Waals surface area contributed by atoms with E-state index in [1.807, 2.05) is 13.8 Å². The summed E-state index contributed by atoms with van der Waals surface area (Å²) in [5.74, 6) is -1.04. The summed E-state index contributed by atoms with van der Waals surface area (Å²) in [5.41, 5.74) is 6.14. The Morgan fingerprint density at radius 1 is 1.27 bits per heavy atom. The SMILES string of the molecule is CC(C)[C@H](N)C(=O)NCC(=O)N(C)C(C)c1ccccc1F. The van der Waals surface area contributed by atoms with Crippen LogP contribution in [0.3, 0.4) is 0 Å². The predicted octanol–water partition coefficient (Wildman–Crippen LogP) is 1.44. The summed E-state index contributed by atoms with van der Waals surface area (Å²) in [6.45, 7) is 5.24. The van der Waals surface area contributed by atoms with Crippen LogP contribution in [0.2, 0.25) is 0 Å². The molecule has 1 rings (SSSR count). The monoisotopic (exact) mass is 309 g/mol. The van der Waals surface area contributed by atoms with Gasteiger partial charge in [0.15, 0.2) is 0 Å². The van der Waals surface area contributed by atoms with Crippen LogP contribution in [-0.4, -0.2) is 36.3 Å². The summed E-state index contributed by atoms with van der Waals surface area (Å²) < 4.78 is 13.7. The van der Waals surface area contributed by atoms with Gasteiger partial charge in [0.05, 0.1) is 18.6 Å². The minimum Gasteiger partial charge on any atom is -0.346 e. The molecule has 22 heavy (non-hydrogen) atoms. The molecule has 0 aliphatic rings. The molecule has 1 aromatic rings. The molecule has 0 spiro atoms. The lowest BCUT2D eigenvalue weighted by atomic mass is 10.1. The van der Waals surface area contributed by atoms with Gasteiger partial charge in [-0.05, 0) is 18.9 Å². The van der Waals surface area contributed by atoms with Gasteiger partial charge in [-0.2, -0.15) is 0 Å². The third-order valence-corrected chi connectivity index (χ3v) is 3.76. The molecular formula is C16H24FN3O2. The van der Waals surface area contributed by atoms with E-state index < -0.39 is 12.1 Å². The molecule has 3 N–H and O–H groups in total. The Bertz CT molecular complexity index is 534. The van der Waals surface area contributed by atoms with E-state index in [0.717, 1.165) is 0 Å². The number of likely N-dealkylation sites (N-methyl/N-ethyl adjacent to an activating group) is 1. The Kier molecular flexibility index (Phi) is 6.49. The molecule has 0 radical (unpaired) electrons. The highest BCUT2D eigenvalue weighted by Crippen LogP contribution is 2.21. The van der Waals surface area contributed by atoms with Crippen molar-refractivity contribution in [2.45, 2.75) is 32.9 Å². The Balaban J connectivity index is 2.62. The number of nitrogens with two attached hydrogens (primary N) is 1. The highest BCUT2D eigenvalue weighted by molar-refractivity contribution is 5.87. The van der Waals surface area contributed by atoms with Crippen LogP contribution in [0.5, 0.6) is 0 Å². The molecule has 122 valence electrons. The first-order valence-electron chi connectivity index (χ1n) is 7.29. The smallest absolute Gasteiger partial charge is 0.242 e. The second-order valence-electron chi connectivity index (χ2n) is 5.69. The van der Waals surface area contributed by atoms with Crippen LogP contribution in [0.4, 0.5) is 4.39 Å². The molecule has 1 aromatic carbocycles. The molecule has 1 unspecified atom stereocenters. The maximum Gasteiger partial charge on any atom is 0.242 e. The zero-order valence-electron chi connectivity index (χ0n) is 13.5.